The molecule has 2 aromatic carbocycles. The first-order chi connectivity index (χ1) is 16.5. The van der Waals surface area contributed by atoms with Crippen LogP contribution in [-0.4, -0.2) is 39.1 Å². The number of carbonyl (C=O) groups excluding carboxylic acids is 1. The van der Waals surface area contributed by atoms with Crippen molar-refractivity contribution in [3.05, 3.63) is 88.9 Å². The van der Waals surface area contributed by atoms with Crippen molar-refractivity contribution in [2.45, 2.75) is 31.6 Å². The standard InChI is InChI=1S/C25H20F2N4O3/c1-30-18-10-16(21-15(24(30)32)8-5-9-19(21)34-25(26)27)22-17-11-20(28-13-31(17)29-23(18)22)33-12-14-6-3-2-4-7-14/h2-9,11,13,16,18,25H,10,12H2,1H3/t16-,18-/m1/s1. The van der Waals surface area contributed by atoms with Crippen molar-refractivity contribution >= 4 is 11.4 Å². The number of hydrogen-bond donors (Lipinski definition) is 0. The van der Waals surface area contributed by atoms with E-state index in [4.69, 9.17) is 14.6 Å². The monoisotopic (exact) mass is 462 g/mol. The molecule has 0 radical (unpaired) electrons. The predicted molar refractivity (Wildman–Crippen MR) is 118 cm³/mol. The molecule has 9 heteroatoms. The third kappa shape index (κ3) is 3.19. The van der Waals surface area contributed by atoms with Crippen LogP contribution in [-0.2, 0) is 6.61 Å². The van der Waals surface area contributed by atoms with Crippen LogP contribution in [0.3, 0.4) is 0 Å². The van der Waals surface area contributed by atoms with E-state index in [1.54, 1.807) is 34.9 Å². The minimum absolute atomic E-state index is 0.0155. The third-order valence-electron chi connectivity index (χ3n) is 6.57. The van der Waals surface area contributed by atoms with Gasteiger partial charge < -0.3 is 14.4 Å². The highest BCUT2D eigenvalue weighted by molar-refractivity contribution is 5.98. The van der Waals surface area contributed by atoms with Crippen molar-refractivity contribution in [2.24, 2.45) is 0 Å². The second kappa shape index (κ2) is 7.79. The molecule has 0 fully saturated rings. The van der Waals surface area contributed by atoms with Gasteiger partial charge in [0, 0.05) is 35.7 Å². The van der Waals surface area contributed by atoms with Gasteiger partial charge in [-0.1, -0.05) is 36.4 Å². The van der Waals surface area contributed by atoms with E-state index in [0.29, 0.717) is 30.0 Å². The number of fused-ring (bicyclic) bond motifs is 9. The second-order valence-corrected chi connectivity index (χ2v) is 8.45. The van der Waals surface area contributed by atoms with Crippen LogP contribution in [0, 0.1) is 0 Å². The summed E-state index contributed by atoms with van der Waals surface area (Å²) in [6.07, 6.45) is 2.11. The normalized spacial score (nSPS) is 18.7. The van der Waals surface area contributed by atoms with E-state index in [9.17, 15) is 13.6 Å². The van der Waals surface area contributed by atoms with Gasteiger partial charge in [-0.05, 0) is 24.1 Å². The molecule has 172 valence electrons. The van der Waals surface area contributed by atoms with Crippen LogP contribution in [0.15, 0.2) is 60.9 Å². The number of amides is 1. The summed E-state index contributed by atoms with van der Waals surface area (Å²) in [5, 5.41) is 4.70. The number of benzene rings is 2. The maximum absolute atomic E-state index is 13.2. The lowest BCUT2D eigenvalue weighted by Crippen LogP contribution is -2.30. The molecule has 2 bridgehead atoms. The minimum atomic E-state index is -3.00. The van der Waals surface area contributed by atoms with Crippen molar-refractivity contribution in [3.8, 4) is 11.6 Å². The zero-order valence-electron chi connectivity index (χ0n) is 18.2. The zero-order valence-corrected chi connectivity index (χ0v) is 18.2. The second-order valence-electron chi connectivity index (χ2n) is 8.45. The van der Waals surface area contributed by atoms with Crippen LogP contribution in [0.25, 0.3) is 5.52 Å². The Balaban J connectivity index is 1.47. The van der Waals surface area contributed by atoms with Gasteiger partial charge in [0.05, 0.1) is 17.3 Å². The van der Waals surface area contributed by atoms with E-state index in [1.807, 2.05) is 36.4 Å². The summed E-state index contributed by atoms with van der Waals surface area (Å²) in [4.78, 5) is 19.2. The van der Waals surface area contributed by atoms with Crippen LogP contribution in [0.5, 0.6) is 11.6 Å². The van der Waals surface area contributed by atoms with Crippen molar-refractivity contribution in [2.75, 3.05) is 7.05 Å². The molecule has 1 aliphatic heterocycles. The van der Waals surface area contributed by atoms with Crippen molar-refractivity contribution in [1.82, 2.24) is 19.5 Å². The molecule has 0 N–H and O–H groups in total. The summed E-state index contributed by atoms with van der Waals surface area (Å²) >= 11 is 0. The molecule has 0 saturated carbocycles. The van der Waals surface area contributed by atoms with E-state index in [0.717, 1.165) is 22.3 Å². The molecule has 0 saturated heterocycles. The molecule has 4 aromatic rings. The first kappa shape index (κ1) is 20.6. The number of nitrogens with zero attached hydrogens (tertiary/aromatic N) is 4. The van der Waals surface area contributed by atoms with Gasteiger partial charge in [0.2, 0.25) is 5.88 Å². The van der Waals surface area contributed by atoms with Gasteiger partial charge in [0.25, 0.3) is 5.91 Å². The largest absolute Gasteiger partial charge is 0.473 e. The lowest BCUT2D eigenvalue weighted by Gasteiger charge is -2.23. The lowest BCUT2D eigenvalue weighted by molar-refractivity contribution is -0.0505. The Morgan fingerprint density at radius 1 is 1.12 bits per heavy atom. The Bertz CT molecular complexity index is 1410. The maximum Gasteiger partial charge on any atom is 0.387 e. The molecule has 3 heterocycles. The summed E-state index contributed by atoms with van der Waals surface area (Å²) in [7, 11) is 1.71. The molecule has 1 amide bonds. The minimum Gasteiger partial charge on any atom is -0.473 e. The van der Waals surface area contributed by atoms with Gasteiger partial charge in [-0.2, -0.15) is 13.9 Å². The molecule has 0 spiro atoms. The molecule has 0 unspecified atom stereocenters. The van der Waals surface area contributed by atoms with E-state index >= 15 is 0 Å². The zero-order chi connectivity index (χ0) is 23.4. The quantitative estimate of drug-likeness (QED) is 0.435. The predicted octanol–water partition coefficient (Wildman–Crippen LogP) is 4.57. The first-order valence-electron chi connectivity index (χ1n) is 10.9. The first-order valence-corrected chi connectivity index (χ1v) is 10.9. The molecular formula is C25H20F2N4O3. The highest BCUT2D eigenvalue weighted by Crippen LogP contribution is 2.53. The molecule has 2 aliphatic rings. The molecule has 2 aromatic heterocycles. The Morgan fingerprint density at radius 2 is 1.94 bits per heavy atom. The fourth-order valence-electron chi connectivity index (χ4n) is 5.07. The van der Waals surface area contributed by atoms with Gasteiger partial charge in [-0.3, -0.25) is 4.79 Å². The maximum atomic E-state index is 13.2. The number of aromatic nitrogens is 3. The Hall–Kier alpha value is -4.01. The van der Waals surface area contributed by atoms with E-state index in [2.05, 4.69) is 4.98 Å². The van der Waals surface area contributed by atoms with Crippen molar-refractivity contribution < 1.29 is 23.0 Å². The molecule has 6 rings (SSSR count). The highest BCUT2D eigenvalue weighted by Gasteiger charge is 2.46. The number of halogens is 2. The number of carbonyl (C=O) groups is 1. The van der Waals surface area contributed by atoms with Gasteiger partial charge >= 0.3 is 6.61 Å². The van der Waals surface area contributed by atoms with Crippen LogP contribution in [0.2, 0.25) is 0 Å². The number of alkyl halides is 2. The summed E-state index contributed by atoms with van der Waals surface area (Å²) in [6.45, 7) is -2.64. The van der Waals surface area contributed by atoms with Crippen molar-refractivity contribution in [3.63, 3.8) is 0 Å². The fourth-order valence-corrected chi connectivity index (χ4v) is 5.07. The Morgan fingerprint density at radius 3 is 2.74 bits per heavy atom. The molecule has 34 heavy (non-hydrogen) atoms. The van der Waals surface area contributed by atoms with Gasteiger partial charge in [0.1, 0.15) is 18.7 Å². The van der Waals surface area contributed by atoms with Gasteiger partial charge in [-0.15, -0.1) is 0 Å². The van der Waals surface area contributed by atoms with Crippen LogP contribution in [0.4, 0.5) is 8.78 Å². The Labute approximate surface area is 193 Å². The summed E-state index contributed by atoms with van der Waals surface area (Å²) < 4.78 is 38.8. The number of ether oxygens (including phenoxy) is 2. The Kier molecular flexibility index (Phi) is 4.72. The third-order valence-corrected chi connectivity index (χ3v) is 6.57. The van der Waals surface area contributed by atoms with Crippen LogP contribution in [0.1, 0.15) is 51.1 Å². The summed E-state index contributed by atoms with van der Waals surface area (Å²) in [5.74, 6) is -0.127. The van der Waals surface area contributed by atoms with E-state index < -0.39 is 6.61 Å². The summed E-state index contributed by atoms with van der Waals surface area (Å²) in [5.41, 5.74) is 4.23. The van der Waals surface area contributed by atoms with E-state index in [1.165, 1.54) is 6.07 Å². The lowest BCUT2D eigenvalue weighted by atomic mass is 9.89. The van der Waals surface area contributed by atoms with Crippen molar-refractivity contribution in [1.29, 1.82) is 0 Å². The summed E-state index contributed by atoms with van der Waals surface area (Å²) in [6, 6.07) is 16.0. The molecular weight excluding hydrogens is 442 g/mol. The molecule has 2 atom stereocenters. The average molecular weight is 462 g/mol. The molecule has 7 nitrogen and oxygen atoms in total. The SMILES string of the molecule is CN1C(=O)c2cccc(OC(F)F)c2[C@H]2C[C@@H]1c1nn3cnc(OCc4ccccc4)cc3c12. The van der Waals surface area contributed by atoms with Gasteiger partial charge in [0.15, 0.2) is 0 Å². The molecule has 1 aliphatic carbocycles. The highest BCUT2D eigenvalue weighted by atomic mass is 19.3. The fraction of sp³-hybridized carbons (Fsp3) is 0.240. The number of hydrogen-bond acceptors (Lipinski definition) is 5. The smallest absolute Gasteiger partial charge is 0.387 e. The van der Waals surface area contributed by atoms with E-state index in [-0.39, 0.29) is 23.6 Å². The topological polar surface area (TPSA) is 69.0 Å². The van der Waals surface area contributed by atoms with Gasteiger partial charge in [-0.25, -0.2) is 9.50 Å². The number of rotatable bonds is 5. The average Bonchev–Trinajstić information content (AvgIpc) is 3.36. The van der Waals surface area contributed by atoms with Crippen LogP contribution < -0.4 is 9.47 Å². The van der Waals surface area contributed by atoms with Crippen LogP contribution >= 0.6 is 0 Å².